The second-order valence-corrected chi connectivity index (χ2v) is 4.03. The van der Waals surface area contributed by atoms with Crippen LogP contribution in [0.15, 0.2) is 6.07 Å². The first kappa shape index (κ1) is 11.2. The van der Waals surface area contributed by atoms with Crippen LogP contribution in [0.1, 0.15) is 20.8 Å². The van der Waals surface area contributed by atoms with Gasteiger partial charge in [-0.15, -0.1) is 0 Å². The average Bonchev–Trinajstić information content (AvgIpc) is 2.22. The average molecular weight is 215 g/mol. The fourth-order valence-electron chi connectivity index (χ4n) is 0.962. The van der Waals surface area contributed by atoms with Gasteiger partial charge in [-0.05, 0) is 20.8 Å². The van der Waals surface area contributed by atoms with Crippen molar-refractivity contribution in [3.63, 3.8) is 0 Å². The van der Waals surface area contributed by atoms with Crippen molar-refractivity contribution in [3.05, 3.63) is 6.07 Å². The Labute approximate surface area is 86.3 Å². The van der Waals surface area contributed by atoms with E-state index < -0.39 is 29.2 Å². The molecule has 1 aromatic rings. The predicted octanol–water partition coefficient (Wildman–Crippen LogP) is 1.39. The lowest BCUT2D eigenvalue weighted by atomic mass is 10.2. The van der Waals surface area contributed by atoms with E-state index in [2.05, 4.69) is 0 Å². The van der Waals surface area contributed by atoms with Crippen LogP contribution in [-0.2, 0) is 4.74 Å². The van der Waals surface area contributed by atoms with Gasteiger partial charge in [0.2, 0.25) is 11.8 Å². The quantitative estimate of drug-likeness (QED) is 0.608. The van der Waals surface area contributed by atoms with E-state index in [1.54, 1.807) is 20.8 Å². The third-order valence-corrected chi connectivity index (χ3v) is 1.51. The van der Waals surface area contributed by atoms with Crippen LogP contribution in [-0.4, -0.2) is 31.6 Å². The summed E-state index contributed by atoms with van der Waals surface area (Å²) in [5, 5.41) is 27.5. The molecule has 84 valence electrons. The first-order valence-electron chi connectivity index (χ1n) is 4.28. The molecule has 0 amide bonds. The van der Waals surface area contributed by atoms with Crippen molar-refractivity contribution in [3.8, 4) is 17.5 Å². The van der Waals surface area contributed by atoms with E-state index in [1.165, 1.54) is 0 Å². The number of carbonyl (C=O) groups excluding carboxylic acids is 1. The van der Waals surface area contributed by atoms with Gasteiger partial charge in [0.15, 0.2) is 5.75 Å². The molecule has 6 nitrogen and oxygen atoms in total. The third-order valence-electron chi connectivity index (χ3n) is 1.51. The maximum absolute atomic E-state index is 11.4. The molecule has 1 heterocycles. The van der Waals surface area contributed by atoms with Gasteiger partial charge < -0.3 is 20.1 Å². The van der Waals surface area contributed by atoms with Crippen LogP contribution >= 0.6 is 0 Å². The highest BCUT2D eigenvalue weighted by Gasteiger charge is 2.24. The molecule has 0 bridgehead atoms. The highest BCUT2D eigenvalue weighted by Crippen LogP contribution is 2.33. The lowest BCUT2D eigenvalue weighted by molar-refractivity contribution is 0.0512. The molecule has 1 rings (SSSR count). The summed E-state index contributed by atoms with van der Waals surface area (Å²) < 4.78 is 5.36. The molecular weight excluding hydrogens is 202 g/mol. The Morgan fingerprint density at radius 3 is 2.20 bits per heavy atom. The molecule has 0 aromatic carbocycles. The Bertz CT molecular complexity index is 388. The van der Waals surface area contributed by atoms with E-state index in [4.69, 9.17) is 9.84 Å². The summed E-state index contributed by atoms with van der Waals surface area (Å²) in [6.07, 6.45) is -0.960. The zero-order valence-corrected chi connectivity index (χ0v) is 8.68. The zero-order valence-electron chi connectivity index (χ0n) is 8.68. The van der Waals surface area contributed by atoms with Crippen molar-refractivity contribution >= 4 is 6.09 Å². The molecule has 0 aliphatic carbocycles. The molecule has 0 fully saturated rings. The maximum Gasteiger partial charge on any atom is 0.424 e. The molecule has 0 aliphatic heterocycles. The lowest BCUT2D eigenvalue weighted by Crippen LogP contribution is -2.26. The molecule has 0 saturated heterocycles. The van der Waals surface area contributed by atoms with E-state index in [-0.39, 0.29) is 0 Å². The normalized spacial score (nSPS) is 11.4. The smallest absolute Gasteiger partial charge is 0.424 e. The number of aromatic hydroxyl groups is 3. The summed E-state index contributed by atoms with van der Waals surface area (Å²) in [5.41, 5.74) is -0.754. The second-order valence-electron chi connectivity index (χ2n) is 4.03. The minimum Gasteiger partial charge on any atom is -0.503 e. The molecule has 0 unspecified atom stereocenters. The third kappa shape index (κ3) is 2.34. The summed E-state index contributed by atoms with van der Waals surface area (Å²) >= 11 is 0. The van der Waals surface area contributed by atoms with Crippen molar-refractivity contribution in [1.82, 2.24) is 4.57 Å². The predicted molar refractivity (Wildman–Crippen MR) is 51.1 cm³/mol. The monoisotopic (exact) mass is 215 g/mol. The van der Waals surface area contributed by atoms with Gasteiger partial charge in [0.25, 0.3) is 0 Å². The first-order chi connectivity index (χ1) is 6.72. The number of carbonyl (C=O) groups is 1. The first-order valence-corrected chi connectivity index (χ1v) is 4.28. The van der Waals surface area contributed by atoms with Crippen molar-refractivity contribution in [2.75, 3.05) is 0 Å². The van der Waals surface area contributed by atoms with Gasteiger partial charge in [-0.1, -0.05) is 0 Å². The van der Waals surface area contributed by atoms with E-state index in [1.807, 2.05) is 0 Å². The van der Waals surface area contributed by atoms with E-state index >= 15 is 0 Å². The van der Waals surface area contributed by atoms with Crippen LogP contribution in [0.4, 0.5) is 4.79 Å². The fourth-order valence-corrected chi connectivity index (χ4v) is 0.962. The standard InChI is InChI=1S/C9H13NO5/c1-9(2,3)15-8(14)10-6(12)4-5(11)7(10)13/h4,11-13H,1-3H3. The Hall–Kier alpha value is -1.85. The number of rotatable bonds is 0. The molecular formula is C9H13NO5. The van der Waals surface area contributed by atoms with Gasteiger partial charge in [0.05, 0.1) is 0 Å². The second kappa shape index (κ2) is 3.38. The molecule has 1 aromatic heterocycles. The molecule has 3 N–H and O–H groups in total. The van der Waals surface area contributed by atoms with Crippen LogP contribution in [0.25, 0.3) is 0 Å². The van der Waals surface area contributed by atoms with Crippen molar-refractivity contribution in [2.45, 2.75) is 26.4 Å². The SMILES string of the molecule is CC(C)(C)OC(=O)n1c(O)cc(O)c1O. The summed E-state index contributed by atoms with van der Waals surface area (Å²) in [5.74, 6) is -1.92. The van der Waals surface area contributed by atoms with Gasteiger partial charge in [-0.25, -0.2) is 4.79 Å². The molecule has 0 radical (unpaired) electrons. The maximum atomic E-state index is 11.4. The van der Waals surface area contributed by atoms with Gasteiger partial charge in [-0.2, -0.15) is 4.57 Å². The number of nitrogens with zero attached hydrogens (tertiary/aromatic N) is 1. The van der Waals surface area contributed by atoms with Crippen LogP contribution in [0.3, 0.4) is 0 Å². The fraction of sp³-hybridized carbons (Fsp3) is 0.444. The number of aromatic nitrogens is 1. The molecule has 0 atom stereocenters. The largest absolute Gasteiger partial charge is 0.503 e. The van der Waals surface area contributed by atoms with Crippen LogP contribution in [0, 0.1) is 0 Å². The minimum absolute atomic E-state index is 0.473. The minimum atomic E-state index is -0.960. The van der Waals surface area contributed by atoms with E-state index in [0.29, 0.717) is 4.57 Å². The van der Waals surface area contributed by atoms with Crippen LogP contribution in [0.5, 0.6) is 17.5 Å². The van der Waals surface area contributed by atoms with Crippen molar-refractivity contribution in [1.29, 1.82) is 0 Å². The lowest BCUT2D eigenvalue weighted by Gasteiger charge is -2.19. The highest BCUT2D eigenvalue weighted by atomic mass is 16.6. The van der Waals surface area contributed by atoms with Crippen LogP contribution < -0.4 is 0 Å². The summed E-state index contributed by atoms with van der Waals surface area (Å²) in [4.78, 5) is 11.4. The molecule has 0 aliphatic rings. The van der Waals surface area contributed by atoms with Gasteiger partial charge in [-0.3, -0.25) is 0 Å². The number of ether oxygens (including phenoxy) is 1. The zero-order chi connectivity index (χ0) is 11.8. The van der Waals surface area contributed by atoms with Crippen molar-refractivity contribution in [2.24, 2.45) is 0 Å². The van der Waals surface area contributed by atoms with Crippen LogP contribution in [0.2, 0.25) is 0 Å². The molecule has 0 saturated carbocycles. The Balaban J connectivity index is 3.02. The van der Waals surface area contributed by atoms with Crippen molar-refractivity contribution < 1.29 is 24.9 Å². The topological polar surface area (TPSA) is 91.9 Å². The van der Waals surface area contributed by atoms with Gasteiger partial charge in [0, 0.05) is 6.07 Å². The van der Waals surface area contributed by atoms with E-state index in [0.717, 1.165) is 6.07 Å². The summed E-state index contributed by atoms with van der Waals surface area (Å²) in [7, 11) is 0. The van der Waals surface area contributed by atoms with Gasteiger partial charge >= 0.3 is 6.09 Å². The molecule has 6 heteroatoms. The number of hydrogen-bond acceptors (Lipinski definition) is 5. The number of hydrogen-bond donors (Lipinski definition) is 3. The Morgan fingerprint density at radius 1 is 1.33 bits per heavy atom. The van der Waals surface area contributed by atoms with Gasteiger partial charge in [0.1, 0.15) is 5.60 Å². The van der Waals surface area contributed by atoms with E-state index in [9.17, 15) is 15.0 Å². The highest BCUT2D eigenvalue weighted by molar-refractivity contribution is 5.76. The molecule has 0 spiro atoms. The summed E-state index contributed by atoms with van der Waals surface area (Å²) in [6.45, 7) is 4.92. The Kier molecular flexibility index (Phi) is 2.53. The Morgan fingerprint density at radius 2 is 1.87 bits per heavy atom. The molecule has 15 heavy (non-hydrogen) atoms. The summed E-state index contributed by atoms with van der Waals surface area (Å²) in [6, 6.07) is 0.846.